The highest BCUT2D eigenvalue weighted by molar-refractivity contribution is 7.80. The highest BCUT2D eigenvalue weighted by Gasteiger charge is 2.24. The molecule has 1 atom stereocenters. The normalized spacial score (nSPS) is 19.6. The molecule has 1 aliphatic heterocycles. The van der Waals surface area contributed by atoms with Crippen molar-refractivity contribution in [2.75, 3.05) is 18.1 Å². The molecule has 0 saturated carbocycles. The summed E-state index contributed by atoms with van der Waals surface area (Å²) in [6.45, 7) is 0.940. The van der Waals surface area contributed by atoms with Crippen LogP contribution in [-0.4, -0.2) is 29.3 Å². The molecule has 0 spiro atoms. The predicted octanol–water partition coefficient (Wildman–Crippen LogP) is 1.42. The standard InChI is InChI=1S/C12H15FN2OS/c13-11-6-8(3-4-10(11)12(14)17)15-5-1-2-9(15)7-16/h3-4,6,9,16H,1-2,5,7H2,(H2,14,17). The van der Waals surface area contributed by atoms with Crippen LogP contribution in [0.3, 0.4) is 0 Å². The number of aliphatic hydroxyl groups excluding tert-OH is 1. The van der Waals surface area contributed by atoms with Crippen LogP contribution in [-0.2, 0) is 0 Å². The number of aliphatic hydroxyl groups is 1. The third kappa shape index (κ3) is 2.40. The van der Waals surface area contributed by atoms with Gasteiger partial charge in [0.2, 0.25) is 0 Å². The second-order valence-corrected chi connectivity index (χ2v) is 4.64. The summed E-state index contributed by atoms with van der Waals surface area (Å²) in [6, 6.07) is 4.92. The van der Waals surface area contributed by atoms with Crippen LogP contribution >= 0.6 is 12.2 Å². The summed E-state index contributed by atoms with van der Waals surface area (Å²) in [5.74, 6) is -0.404. The number of halogens is 1. The Bertz CT molecular complexity index is 439. The van der Waals surface area contributed by atoms with E-state index in [-0.39, 0.29) is 23.2 Å². The van der Waals surface area contributed by atoms with E-state index >= 15 is 0 Å². The Morgan fingerprint density at radius 2 is 2.35 bits per heavy atom. The summed E-state index contributed by atoms with van der Waals surface area (Å²) in [5.41, 5.74) is 6.45. The van der Waals surface area contributed by atoms with Crippen molar-refractivity contribution in [2.24, 2.45) is 5.73 Å². The van der Waals surface area contributed by atoms with E-state index in [2.05, 4.69) is 0 Å². The Balaban J connectivity index is 2.28. The second kappa shape index (κ2) is 4.98. The minimum atomic E-state index is -0.404. The Labute approximate surface area is 105 Å². The molecule has 1 fully saturated rings. The molecule has 92 valence electrons. The van der Waals surface area contributed by atoms with Crippen LogP contribution in [0.25, 0.3) is 0 Å². The first-order valence-corrected chi connectivity index (χ1v) is 6.01. The zero-order chi connectivity index (χ0) is 12.4. The third-order valence-corrected chi connectivity index (χ3v) is 3.36. The van der Waals surface area contributed by atoms with E-state index in [0.717, 1.165) is 25.1 Å². The smallest absolute Gasteiger partial charge is 0.135 e. The van der Waals surface area contributed by atoms with Gasteiger partial charge in [-0.1, -0.05) is 12.2 Å². The lowest BCUT2D eigenvalue weighted by Gasteiger charge is -2.25. The fourth-order valence-electron chi connectivity index (χ4n) is 2.25. The van der Waals surface area contributed by atoms with Crippen molar-refractivity contribution in [3.8, 4) is 0 Å². The molecule has 3 nitrogen and oxygen atoms in total. The van der Waals surface area contributed by atoms with Gasteiger partial charge in [0.15, 0.2) is 0 Å². The molecule has 1 saturated heterocycles. The predicted molar refractivity (Wildman–Crippen MR) is 69.7 cm³/mol. The molecule has 1 aromatic carbocycles. The molecule has 17 heavy (non-hydrogen) atoms. The SMILES string of the molecule is NC(=S)c1ccc(N2CCCC2CO)cc1F. The molecule has 2 rings (SSSR count). The van der Waals surface area contributed by atoms with Gasteiger partial charge in [0.1, 0.15) is 10.8 Å². The quantitative estimate of drug-likeness (QED) is 0.801. The first kappa shape index (κ1) is 12.3. The first-order valence-electron chi connectivity index (χ1n) is 5.60. The van der Waals surface area contributed by atoms with Crippen molar-refractivity contribution in [1.29, 1.82) is 0 Å². The lowest BCUT2D eigenvalue weighted by atomic mass is 10.1. The van der Waals surface area contributed by atoms with E-state index < -0.39 is 5.82 Å². The van der Waals surface area contributed by atoms with Gasteiger partial charge in [-0.05, 0) is 31.0 Å². The average Bonchev–Trinajstić information content (AvgIpc) is 2.76. The van der Waals surface area contributed by atoms with Crippen molar-refractivity contribution in [3.63, 3.8) is 0 Å². The number of rotatable bonds is 3. The van der Waals surface area contributed by atoms with E-state index in [0.29, 0.717) is 0 Å². The summed E-state index contributed by atoms with van der Waals surface area (Å²) >= 11 is 4.76. The lowest BCUT2D eigenvalue weighted by molar-refractivity contribution is 0.266. The van der Waals surface area contributed by atoms with Gasteiger partial charge in [-0.15, -0.1) is 0 Å². The van der Waals surface area contributed by atoms with E-state index in [1.807, 2.05) is 4.90 Å². The van der Waals surface area contributed by atoms with Gasteiger partial charge in [0, 0.05) is 17.8 Å². The molecule has 1 aromatic rings. The number of hydrogen-bond acceptors (Lipinski definition) is 3. The molecule has 0 aromatic heterocycles. The third-order valence-electron chi connectivity index (χ3n) is 3.14. The zero-order valence-electron chi connectivity index (χ0n) is 9.40. The molecule has 0 radical (unpaired) electrons. The highest BCUT2D eigenvalue weighted by Crippen LogP contribution is 2.26. The zero-order valence-corrected chi connectivity index (χ0v) is 10.2. The number of nitrogens with zero attached hydrogens (tertiary/aromatic N) is 1. The molecule has 0 bridgehead atoms. The van der Waals surface area contributed by atoms with Gasteiger partial charge in [0.25, 0.3) is 0 Å². The molecule has 1 unspecified atom stereocenters. The number of thiocarbonyl (C=S) groups is 1. The summed E-state index contributed by atoms with van der Waals surface area (Å²) in [4.78, 5) is 2.08. The topological polar surface area (TPSA) is 49.5 Å². The Kier molecular flexibility index (Phi) is 3.59. The molecule has 5 heteroatoms. The number of benzene rings is 1. The van der Waals surface area contributed by atoms with E-state index in [4.69, 9.17) is 18.0 Å². The largest absolute Gasteiger partial charge is 0.394 e. The molecule has 0 aliphatic carbocycles. The van der Waals surface area contributed by atoms with Crippen molar-refractivity contribution in [1.82, 2.24) is 0 Å². The average molecular weight is 254 g/mol. The fraction of sp³-hybridized carbons (Fsp3) is 0.417. The van der Waals surface area contributed by atoms with Gasteiger partial charge in [-0.25, -0.2) is 4.39 Å². The Hall–Kier alpha value is -1.20. The fourth-order valence-corrected chi connectivity index (χ4v) is 2.41. The van der Waals surface area contributed by atoms with Gasteiger partial charge in [-0.3, -0.25) is 0 Å². The van der Waals surface area contributed by atoms with Crippen LogP contribution in [0.2, 0.25) is 0 Å². The highest BCUT2D eigenvalue weighted by atomic mass is 32.1. The molecular weight excluding hydrogens is 239 g/mol. The van der Waals surface area contributed by atoms with Gasteiger partial charge >= 0.3 is 0 Å². The summed E-state index contributed by atoms with van der Waals surface area (Å²) < 4.78 is 13.7. The number of hydrogen-bond donors (Lipinski definition) is 2. The number of anilines is 1. The van der Waals surface area contributed by atoms with Crippen LogP contribution in [0.5, 0.6) is 0 Å². The van der Waals surface area contributed by atoms with Crippen LogP contribution in [0, 0.1) is 5.82 Å². The van der Waals surface area contributed by atoms with Crippen molar-refractivity contribution in [2.45, 2.75) is 18.9 Å². The first-order chi connectivity index (χ1) is 8.13. The van der Waals surface area contributed by atoms with Gasteiger partial charge < -0.3 is 15.7 Å². The molecular formula is C12H15FN2OS. The van der Waals surface area contributed by atoms with E-state index in [1.54, 1.807) is 12.1 Å². The van der Waals surface area contributed by atoms with Crippen molar-refractivity contribution >= 4 is 22.9 Å². The minimum absolute atomic E-state index is 0.0641. The van der Waals surface area contributed by atoms with E-state index in [9.17, 15) is 9.50 Å². The Morgan fingerprint density at radius 3 is 2.94 bits per heavy atom. The van der Waals surface area contributed by atoms with Crippen molar-refractivity contribution < 1.29 is 9.50 Å². The number of nitrogens with two attached hydrogens (primary N) is 1. The van der Waals surface area contributed by atoms with Crippen LogP contribution < -0.4 is 10.6 Å². The molecule has 1 heterocycles. The summed E-state index contributed by atoms with van der Waals surface area (Å²) in [6.07, 6.45) is 1.96. The maximum Gasteiger partial charge on any atom is 0.135 e. The van der Waals surface area contributed by atoms with Crippen molar-refractivity contribution in [3.05, 3.63) is 29.6 Å². The lowest BCUT2D eigenvalue weighted by Crippen LogP contribution is -2.32. The van der Waals surface area contributed by atoms with Crippen LogP contribution in [0.4, 0.5) is 10.1 Å². The van der Waals surface area contributed by atoms with Crippen LogP contribution in [0.15, 0.2) is 18.2 Å². The van der Waals surface area contributed by atoms with E-state index in [1.165, 1.54) is 6.07 Å². The summed E-state index contributed by atoms with van der Waals surface area (Å²) in [7, 11) is 0. The second-order valence-electron chi connectivity index (χ2n) is 4.20. The molecule has 1 aliphatic rings. The minimum Gasteiger partial charge on any atom is -0.394 e. The van der Waals surface area contributed by atoms with Crippen LogP contribution in [0.1, 0.15) is 18.4 Å². The monoisotopic (exact) mass is 254 g/mol. The maximum absolute atomic E-state index is 13.7. The molecule has 0 amide bonds. The van der Waals surface area contributed by atoms with Gasteiger partial charge in [0.05, 0.1) is 12.6 Å². The Morgan fingerprint density at radius 1 is 1.59 bits per heavy atom. The van der Waals surface area contributed by atoms with Gasteiger partial charge in [-0.2, -0.15) is 0 Å². The maximum atomic E-state index is 13.7. The molecule has 3 N–H and O–H groups in total. The summed E-state index contributed by atoms with van der Waals surface area (Å²) in [5, 5.41) is 9.23.